The van der Waals surface area contributed by atoms with Crippen LogP contribution in [0.1, 0.15) is 19.3 Å². The number of nitrogens with one attached hydrogen (secondary N) is 1. The summed E-state index contributed by atoms with van der Waals surface area (Å²) >= 11 is 5.18. The monoisotopic (exact) mass is 464 g/mol. The smallest absolute Gasteiger partial charge is 0.264 e. The lowest BCUT2D eigenvalue weighted by Crippen LogP contribution is -2.32. The molecule has 0 unspecified atom stereocenters. The molecule has 1 N–H and O–H groups in total. The number of rotatable bonds is 7. The van der Waals surface area contributed by atoms with E-state index in [0.29, 0.717) is 17.4 Å². The van der Waals surface area contributed by atoms with Crippen LogP contribution in [-0.4, -0.2) is 22.0 Å². The minimum atomic E-state index is -3.63. The maximum Gasteiger partial charge on any atom is 0.264 e. The zero-order chi connectivity index (χ0) is 19.0. The van der Waals surface area contributed by atoms with E-state index in [1.165, 1.54) is 24.2 Å². The van der Waals surface area contributed by atoms with Crippen molar-refractivity contribution in [1.82, 2.24) is 0 Å². The molecular weight excluding hydrogens is 444 g/mol. The summed E-state index contributed by atoms with van der Waals surface area (Å²) < 4.78 is 30.5. The third kappa shape index (κ3) is 3.73. The van der Waals surface area contributed by atoms with E-state index in [9.17, 15) is 8.42 Å². The van der Waals surface area contributed by atoms with E-state index in [1.807, 2.05) is 31.3 Å². The number of hydrogen-bond donors (Lipinski definition) is 1. The van der Waals surface area contributed by atoms with E-state index >= 15 is 0 Å². The highest BCUT2D eigenvalue weighted by Gasteiger charge is 2.31. The van der Waals surface area contributed by atoms with Gasteiger partial charge in [0.05, 0.1) is 9.37 Å². The standard InChI is InChI=1S/C20H21BrN2O2S2/c1-22-15-8-10-16(11-9-15)27(24,25)23(13-12-14-6-7-14)20-19(21)17-4-2-3-5-18(17)26-20/h2-5,8-11,14,22H,6-7,12-13H2,1H3. The van der Waals surface area contributed by atoms with Gasteiger partial charge >= 0.3 is 0 Å². The summed E-state index contributed by atoms with van der Waals surface area (Å²) in [5.74, 6) is 0.655. The molecule has 142 valence electrons. The second-order valence-electron chi connectivity index (χ2n) is 6.80. The topological polar surface area (TPSA) is 49.4 Å². The lowest BCUT2D eigenvalue weighted by molar-refractivity contribution is 0.587. The highest BCUT2D eigenvalue weighted by molar-refractivity contribution is 9.10. The predicted molar refractivity (Wildman–Crippen MR) is 117 cm³/mol. The van der Waals surface area contributed by atoms with Crippen LogP contribution in [0.5, 0.6) is 0 Å². The number of benzene rings is 2. The van der Waals surface area contributed by atoms with Crippen molar-refractivity contribution in [3.8, 4) is 0 Å². The molecule has 7 heteroatoms. The first-order chi connectivity index (χ1) is 13.0. The Labute approximate surface area is 172 Å². The zero-order valence-corrected chi connectivity index (χ0v) is 18.2. The minimum absolute atomic E-state index is 0.321. The molecule has 0 spiro atoms. The molecule has 1 aromatic heterocycles. The predicted octanol–water partition coefficient (Wildman–Crippen LogP) is 5.70. The summed E-state index contributed by atoms with van der Waals surface area (Å²) in [4.78, 5) is 0.321. The Bertz CT molecular complexity index is 1060. The number of anilines is 2. The van der Waals surface area contributed by atoms with Gasteiger partial charge in [0.2, 0.25) is 0 Å². The molecule has 1 aliphatic rings. The third-order valence-electron chi connectivity index (χ3n) is 4.91. The molecule has 0 saturated heterocycles. The third-order valence-corrected chi connectivity index (χ3v) is 9.10. The summed E-state index contributed by atoms with van der Waals surface area (Å²) in [5, 5.41) is 4.84. The Morgan fingerprint density at radius 3 is 2.48 bits per heavy atom. The Morgan fingerprint density at radius 2 is 1.85 bits per heavy atom. The maximum atomic E-state index is 13.5. The average molecular weight is 465 g/mol. The van der Waals surface area contributed by atoms with Crippen molar-refractivity contribution in [2.24, 2.45) is 5.92 Å². The van der Waals surface area contributed by atoms with Gasteiger partial charge in [-0.15, -0.1) is 11.3 Å². The molecule has 2 aromatic carbocycles. The van der Waals surface area contributed by atoms with Gasteiger partial charge in [-0.1, -0.05) is 31.0 Å². The van der Waals surface area contributed by atoms with Crippen LogP contribution in [0.3, 0.4) is 0 Å². The van der Waals surface area contributed by atoms with Crippen molar-refractivity contribution in [3.63, 3.8) is 0 Å². The van der Waals surface area contributed by atoms with Crippen LogP contribution in [-0.2, 0) is 10.0 Å². The van der Waals surface area contributed by atoms with Gasteiger partial charge in [0.15, 0.2) is 0 Å². The van der Waals surface area contributed by atoms with Gasteiger partial charge in [-0.2, -0.15) is 0 Å². The number of hydrogen-bond acceptors (Lipinski definition) is 4. The highest BCUT2D eigenvalue weighted by atomic mass is 79.9. The van der Waals surface area contributed by atoms with Crippen LogP contribution in [0.25, 0.3) is 10.1 Å². The van der Waals surface area contributed by atoms with Crippen molar-refractivity contribution >= 4 is 58.1 Å². The van der Waals surface area contributed by atoms with Crippen molar-refractivity contribution in [1.29, 1.82) is 0 Å². The van der Waals surface area contributed by atoms with Crippen molar-refractivity contribution in [2.75, 3.05) is 23.2 Å². The zero-order valence-electron chi connectivity index (χ0n) is 15.0. The molecule has 0 atom stereocenters. The van der Waals surface area contributed by atoms with Crippen LogP contribution < -0.4 is 9.62 Å². The quantitative estimate of drug-likeness (QED) is 0.487. The summed E-state index contributed by atoms with van der Waals surface area (Å²) in [6.45, 7) is 0.506. The van der Waals surface area contributed by atoms with Gasteiger partial charge in [0, 0.05) is 29.4 Å². The van der Waals surface area contributed by atoms with E-state index < -0.39 is 10.0 Å². The Kier molecular flexibility index (Phi) is 5.18. The SMILES string of the molecule is CNc1ccc(S(=O)(=O)N(CCC2CC2)c2sc3ccccc3c2Br)cc1. The Hall–Kier alpha value is -1.57. The van der Waals surface area contributed by atoms with E-state index in [4.69, 9.17) is 0 Å². The molecule has 0 amide bonds. The number of thiophene rings is 1. The van der Waals surface area contributed by atoms with Crippen LogP contribution >= 0.6 is 27.3 Å². The first kappa shape index (κ1) is 18.8. The lowest BCUT2D eigenvalue weighted by atomic mass is 10.2. The summed E-state index contributed by atoms with van der Waals surface area (Å²) in [6.07, 6.45) is 3.31. The molecule has 27 heavy (non-hydrogen) atoms. The molecule has 1 saturated carbocycles. The van der Waals surface area contributed by atoms with Gasteiger partial charge in [-0.3, -0.25) is 4.31 Å². The van der Waals surface area contributed by atoms with Crippen molar-refractivity contribution < 1.29 is 8.42 Å². The fraction of sp³-hybridized carbons (Fsp3) is 0.300. The van der Waals surface area contributed by atoms with Crippen molar-refractivity contribution in [3.05, 3.63) is 53.0 Å². The summed E-state index contributed by atoms with van der Waals surface area (Å²) in [6, 6.07) is 14.9. The number of halogens is 1. The second kappa shape index (κ2) is 7.45. The van der Waals surface area contributed by atoms with Crippen LogP contribution in [0.15, 0.2) is 57.9 Å². The molecule has 3 aromatic rings. The maximum absolute atomic E-state index is 13.5. The van der Waals surface area contributed by atoms with Gasteiger partial charge in [0.25, 0.3) is 10.0 Å². The Morgan fingerprint density at radius 1 is 1.15 bits per heavy atom. The first-order valence-corrected chi connectivity index (χ1v) is 12.0. The van der Waals surface area contributed by atoms with Crippen LogP contribution in [0.4, 0.5) is 10.7 Å². The van der Waals surface area contributed by atoms with Gasteiger partial charge < -0.3 is 5.32 Å². The normalized spacial score (nSPS) is 14.4. The minimum Gasteiger partial charge on any atom is -0.388 e. The Balaban J connectivity index is 1.77. The number of nitrogens with zero attached hydrogens (tertiary/aromatic N) is 1. The van der Waals surface area contributed by atoms with Gasteiger partial charge in [0.1, 0.15) is 5.00 Å². The van der Waals surface area contributed by atoms with Crippen LogP contribution in [0, 0.1) is 5.92 Å². The molecule has 0 aliphatic heterocycles. The molecule has 0 bridgehead atoms. The van der Waals surface area contributed by atoms with Gasteiger partial charge in [-0.05, 0) is 58.6 Å². The number of sulfonamides is 1. The van der Waals surface area contributed by atoms with Crippen molar-refractivity contribution in [2.45, 2.75) is 24.2 Å². The lowest BCUT2D eigenvalue weighted by Gasteiger charge is -2.23. The van der Waals surface area contributed by atoms with E-state index in [2.05, 4.69) is 21.2 Å². The second-order valence-corrected chi connectivity index (χ2v) is 10.5. The average Bonchev–Trinajstić information content (AvgIpc) is 3.45. The van der Waals surface area contributed by atoms with Crippen LogP contribution in [0.2, 0.25) is 0 Å². The first-order valence-electron chi connectivity index (χ1n) is 8.98. The molecule has 4 nitrogen and oxygen atoms in total. The van der Waals surface area contributed by atoms with Gasteiger partial charge in [-0.25, -0.2) is 8.42 Å². The fourth-order valence-corrected chi connectivity index (χ4v) is 6.99. The molecule has 1 fully saturated rings. The number of fused-ring (bicyclic) bond motifs is 1. The van der Waals surface area contributed by atoms with E-state index in [-0.39, 0.29) is 0 Å². The molecular formula is C20H21BrN2O2S2. The molecule has 1 heterocycles. The highest BCUT2D eigenvalue weighted by Crippen LogP contribution is 2.44. The fourth-order valence-electron chi connectivity index (χ4n) is 3.12. The molecule has 4 rings (SSSR count). The largest absolute Gasteiger partial charge is 0.388 e. The molecule has 0 radical (unpaired) electrons. The van der Waals surface area contributed by atoms with E-state index in [0.717, 1.165) is 31.7 Å². The summed E-state index contributed by atoms with van der Waals surface area (Å²) in [7, 11) is -1.81. The van der Waals surface area contributed by atoms with E-state index in [1.54, 1.807) is 28.6 Å². The molecule has 1 aliphatic carbocycles. The summed E-state index contributed by atoms with van der Waals surface area (Å²) in [5.41, 5.74) is 0.890.